The fraction of sp³-hybridized carbons (Fsp3) is 0.600. The Balaban J connectivity index is 2.11. The number of nitrogens with two attached hydrogens (primary N) is 1. The van der Waals surface area contributed by atoms with E-state index in [9.17, 15) is 9.90 Å². The molecule has 0 saturated carbocycles. The predicted octanol–water partition coefficient (Wildman–Crippen LogP) is 0.364. The quantitative estimate of drug-likeness (QED) is 0.711. The minimum absolute atomic E-state index is 0.0894. The van der Waals surface area contributed by atoms with Crippen LogP contribution in [0.2, 0.25) is 0 Å². The molecule has 1 saturated heterocycles. The van der Waals surface area contributed by atoms with E-state index in [4.69, 9.17) is 5.73 Å². The molecule has 2 heterocycles. The lowest BCUT2D eigenvalue weighted by atomic mass is 10.1. The Kier molecular flexibility index (Phi) is 3.49. The summed E-state index contributed by atoms with van der Waals surface area (Å²) in [5.41, 5.74) is 5.71. The summed E-state index contributed by atoms with van der Waals surface area (Å²) in [6.07, 6.45) is 0.970. The van der Waals surface area contributed by atoms with Gasteiger partial charge in [-0.25, -0.2) is 4.98 Å². The van der Waals surface area contributed by atoms with Gasteiger partial charge in [0.15, 0.2) is 5.13 Å². The SMILES string of the molecule is CNc1nc(N)c(C(=O)N2CCC(O)CC2)s1. The molecule has 0 bridgehead atoms. The van der Waals surface area contributed by atoms with Crippen molar-refractivity contribution in [2.45, 2.75) is 18.9 Å². The Morgan fingerprint density at radius 3 is 2.76 bits per heavy atom. The minimum Gasteiger partial charge on any atom is -0.393 e. The number of carbonyl (C=O) groups excluding carboxylic acids is 1. The summed E-state index contributed by atoms with van der Waals surface area (Å²) in [6, 6.07) is 0. The highest BCUT2D eigenvalue weighted by Gasteiger charge is 2.25. The van der Waals surface area contributed by atoms with Crippen LogP contribution in [-0.4, -0.2) is 47.1 Å². The number of nitrogens with one attached hydrogen (secondary N) is 1. The molecule has 7 heteroatoms. The van der Waals surface area contributed by atoms with Crippen molar-refractivity contribution in [2.75, 3.05) is 31.2 Å². The number of carbonyl (C=O) groups is 1. The number of aromatic nitrogens is 1. The monoisotopic (exact) mass is 256 g/mol. The number of thiazole rings is 1. The van der Waals surface area contributed by atoms with Crippen LogP contribution in [0.4, 0.5) is 10.9 Å². The number of aliphatic hydroxyl groups excluding tert-OH is 1. The molecule has 1 amide bonds. The summed E-state index contributed by atoms with van der Waals surface area (Å²) in [5.74, 6) is 0.184. The molecular formula is C10H16N4O2S. The number of likely N-dealkylation sites (tertiary alicyclic amines) is 1. The molecule has 0 unspecified atom stereocenters. The molecule has 1 aromatic heterocycles. The van der Waals surface area contributed by atoms with Crippen LogP contribution in [0.25, 0.3) is 0 Å². The average molecular weight is 256 g/mol. The Hall–Kier alpha value is -1.34. The first-order valence-corrected chi connectivity index (χ1v) is 6.35. The fourth-order valence-electron chi connectivity index (χ4n) is 1.80. The van der Waals surface area contributed by atoms with Crippen molar-refractivity contribution in [3.05, 3.63) is 4.88 Å². The molecule has 4 N–H and O–H groups in total. The molecule has 1 fully saturated rings. The van der Waals surface area contributed by atoms with Gasteiger partial charge in [-0.1, -0.05) is 11.3 Å². The van der Waals surface area contributed by atoms with E-state index in [1.807, 2.05) is 0 Å². The normalized spacial score (nSPS) is 17.2. The van der Waals surface area contributed by atoms with E-state index in [2.05, 4.69) is 10.3 Å². The van der Waals surface area contributed by atoms with Gasteiger partial charge in [0.05, 0.1) is 6.10 Å². The second-order valence-electron chi connectivity index (χ2n) is 4.01. The van der Waals surface area contributed by atoms with Gasteiger partial charge < -0.3 is 21.1 Å². The van der Waals surface area contributed by atoms with Gasteiger partial charge in [-0.2, -0.15) is 0 Å². The summed E-state index contributed by atoms with van der Waals surface area (Å²) in [7, 11) is 1.74. The lowest BCUT2D eigenvalue weighted by molar-refractivity contribution is 0.0551. The van der Waals surface area contributed by atoms with Gasteiger partial charge in [-0.3, -0.25) is 4.79 Å². The van der Waals surface area contributed by atoms with E-state index >= 15 is 0 Å². The summed E-state index contributed by atoms with van der Waals surface area (Å²) in [4.78, 5) is 18.4. The van der Waals surface area contributed by atoms with Crippen LogP contribution < -0.4 is 11.1 Å². The zero-order chi connectivity index (χ0) is 12.4. The van der Waals surface area contributed by atoms with Crippen LogP contribution in [0, 0.1) is 0 Å². The second-order valence-corrected chi connectivity index (χ2v) is 5.01. The van der Waals surface area contributed by atoms with E-state index in [0.29, 0.717) is 35.9 Å². The number of hydrogen-bond acceptors (Lipinski definition) is 6. The molecule has 94 valence electrons. The van der Waals surface area contributed by atoms with Crippen molar-refractivity contribution in [3.63, 3.8) is 0 Å². The van der Waals surface area contributed by atoms with Gasteiger partial charge in [-0.05, 0) is 12.8 Å². The van der Waals surface area contributed by atoms with Gasteiger partial charge in [0.2, 0.25) is 0 Å². The van der Waals surface area contributed by atoms with Crippen LogP contribution in [0.5, 0.6) is 0 Å². The number of nitrogens with zero attached hydrogens (tertiary/aromatic N) is 2. The van der Waals surface area contributed by atoms with E-state index in [1.165, 1.54) is 11.3 Å². The fourth-order valence-corrected chi connectivity index (χ4v) is 2.61. The van der Waals surface area contributed by atoms with Gasteiger partial charge in [-0.15, -0.1) is 0 Å². The highest BCUT2D eigenvalue weighted by molar-refractivity contribution is 7.18. The van der Waals surface area contributed by atoms with Crippen LogP contribution >= 0.6 is 11.3 Å². The standard InChI is InChI=1S/C10H16N4O2S/c1-12-10-13-8(11)7(17-10)9(16)14-4-2-6(15)3-5-14/h6,15H,2-5,11H2,1H3,(H,12,13). The number of aliphatic hydroxyl groups is 1. The summed E-state index contributed by atoms with van der Waals surface area (Å²) in [6.45, 7) is 1.15. The number of nitrogen functional groups attached to an aromatic ring is 1. The third-order valence-electron chi connectivity index (χ3n) is 2.81. The highest BCUT2D eigenvalue weighted by atomic mass is 32.1. The molecule has 0 atom stereocenters. The molecule has 1 aromatic rings. The first kappa shape index (κ1) is 12.1. The third-order valence-corrected chi connectivity index (χ3v) is 3.89. The lowest BCUT2D eigenvalue weighted by Crippen LogP contribution is -2.39. The smallest absolute Gasteiger partial charge is 0.267 e. The number of anilines is 2. The maximum atomic E-state index is 12.2. The third kappa shape index (κ3) is 2.50. The van der Waals surface area contributed by atoms with Gasteiger partial charge in [0, 0.05) is 20.1 Å². The summed E-state index contributed by atoms with van der Waals surface area (Å²) >= 11 is 1.26. The molecule has 0 aromatic carbocycles. The maximum absolute atomic E-state index is 12.2. The first-order chi connectivity index (χ1) is 8.11. The number of piperidine rings is 1. The van der Waals surface area contributed by atoms with Crippen molar-refractivity contribution in [1.29, 1.82) is 0 Å². The molecule has 0 spiro atoms. The highest BCUT2D eigenvalue weighted by Crippen LogP contribution is 2.26. The Bertz CT molecular complexity index is 412. The van der Waals surface area contributed by atoms with E-state index < -0.39 is 0 Å². The number of hydrogen-bond donors (Lipinski definition) is 3. The Morgan fingerprint density at radius 2 is 2.24 bits per heavy atom. The van der Waals surface area contributed by atoms with Crippen molar-refractivity contribution in [2.24, 2.45) is 0 Å². The molecule has 1 aliphatic heterocycles. The molecular weight excluding hydrogens is 240 g/mol. The van der Waals surface area contributed by atoms with E-state index in [1.54, 1.807) is 11.9 Å². The molecule has 0 aliphatic carbocycles. The molecule has 2 rings (SSSR count). The second kappa shape index (κ2) is 4.89. The largest absolute Gasteiger partial charge is 0.393 e. The zero-order valence-electron chi connectivity index (χ0n) is 9.64. The number of amides is 1. The van der Waals surface area contributed by atoms with Crippen LogP contribution in [0.15, 0.2) is 0 Å². The van der Waals surface area contributed by atoms with Crippen LogP contribution in [0.3, 0.4) is 0 Å². The van der Waals surface area contributed by atoms with Crippen LogP contribution in [0.1, 0.15) is 22.5 Å². The van der Waals surface area contributed by atoms with Crippen molar-refractivity contribution >= 4 is 28.2 Å². The van der Waals surface area contributed by atoms with Gasteiger partial charge in [0.25, 0.3) is 5.91 Å². The molecule has 17 heavy (non-hydrogen) atoms. The lowest BCUT2D eigenvalue weighted by Gasteiger charge is -2.29. The van der Waals surface area contributed by atoms with E-state index in [-0.39, 0.29) is 17.8 Å². The number of rotatable bonds is 2. The van der Waals surface area contributed by atoms with Crippen molar-refractivity contribution in [3.8, 4) is 0 Å². The van der Waals surface area contributed by atoms with Gasteiger partial charge in [0.1, 0.15) is 10.7 Å². The minimum atomic E-state index is -0.286. The Morgan fingerprint density at radius 1 is 1.59 bits per heavy atom. The van der Waals surface area contributed by atoms with Gasteiger partial charge >= 0.3 is 0 Å². The topological polar surface area (TPSA) is 91.5 Å². The van der Waals surface area contributed by atoms with Crippen molar-refractivity contribution in [1.82, 2.24) is 9.88 Å². The van der Waals surface area contributed by atoms with E-state index in [0.717, 1.165) is 0 Å². The zero-order valence-corrected chi connectivity index (χ0v) is 10.5. The average Bonchev–Trinajstić information content (AvgIpc) is 2.71. The molecule has 6 nitrogen and oxygen atoms in total. The predicted molar refractivity (Wildman–Crippen MR) is 67.2 cm³/mol. The molecule has 1 aliphatic rings. The maximum Gasteiger partial charge on any atom is 0.267 e. The summed E-state index contributed by atoms with van der Waals surface area (Å²) in [5, 5.41) is 12.9. The van der Waals surface area contributed by atoms with Crippen molar-refractivity contribution < 1.29 is 9.90 Å². The molecule has 0 radical (unpaired) electrons. The van der Waals surface area contributed by atoms with Crippen LogP contribution in [-0.2, 0) is 0 Å². The summed E-state index contributed by atoms with van der Waals surface area (Å²) < 4.78 is 0. The Labute approximate surface area is 103 Å². The first-order valence-electron chi connectivity index (χ1n) is 5.53.